The van der Waals surface area contributed by atoms with Crippen LogP contribution >= 0.6 is 0 Å². The maximum absolute atomic E-state index is 14.4. The SMILES string of the molecule is CC1c2cnc(-c3ncccn3)nc2CN1c1cc(N2CCCCC2)cc(F)n1. The predicted molar refractivity (Wildman–Crippen MR) is 108 cm³/mol. The zero-order valence-electron chi connectivity index (χ0n) is 16.3. The van der Waals surface area contributed by atoms with E-state index in [-0.39, 0.29) is 6.04 Å². The smallest absolute Gasteiger partial charge is 0.216 e. The summed E-state index contributed by atoms with van der Waals surface area (Å²) in [4.78, 5) is 26.1. The van der Waals surface area contributed by atoms with Crippen molar-refractivity contribution in [3.8, 4) is 11.6 Å². The Balaban J connectivity index is 1.45. The van der Waals surface area contributed by atoms with Crippen molar-refractivity contribution in [1.82, 2.24) is 24.9 Å². The van der Waals surface area contributed by atoms with E-state index in [1.54, 1.807) is 18.5 Å². The summed E-state index contributed by atoms with van der Waals surface area (Å²) in [5.41, 5.74) is 2.83. The molecule has 3 aromatic rings. The second-order valence-corrected chi connectivity index (χ2v) is 7.53. The van der Waals surface area contributed by atoms with E-state index in [1.165, 1.54) is 12.5 Å². The molecule has 0 saturated carbocycles. The van der Waals surface area contributed by atoms with Gasteiger partial charge < -0.3 is 9.80 Å². The Bertz CT molecular complexity index is 1020. The number of aromatic nitrogens is 5. The largest absolute Gasteiger partial charge is 0.371 e. The molecule has 0 aliphatic carbocycles. The van der Waals surface area contributed by atoms with Crippen LogP contribution in [0.3, 0.4) is 0 Å². The highest BCUT2D eigenvalue weighted by Crippen LogP contribution is 2.37. The minimum atomic E-state index is -0.448. The number of pyridine rings is 1. The van der Waals surface area contributed by atoms with Crippen molar-refractivity contribution in [3.05, 3.63) is 54.0 Å². The third-order valence-corrected chi connectivity index (χ3v) is 5.68. The Morgan fingerprint density at radius 1 is 0.966 bits per heavy atom. The molecule has 0 N–H and O–H groups in total. The summed E-state index contributed by atoms with van der Waals surface area (Å²) < 4.78 is 14.4. The first-order chi connectivity index (χ1) is 14.2. The summed E-state index contributed by atoms with van der Waals surface area (Å²) in [7, 11) is 0. The van der Waals surface area contributed by atoms with Gasteiger partial charge in [0.1, 0.15) is 5.82 Å². The first kappa shape index (κ1) is 17.9. The fraction of sp³-hybridized carbons (Fsp3) is 0.381. The second-order valence-electron chi connectivity index (χ2n) is 7.53. The summed E-state index contributed by atoms with van der Waals surface area (Å²) in [6.45, 7) is 4.55. The molecule has 29 heavy (non-hydrogen) atoms. The van der Waals surface area contributed by atoms with Gasteiger partial charge in [0.2, 0.25) is 5.95 Å². The zero-order valence-corrected chi connectivity index (χ0v) is 16.3. The molecular weight excluding hydrogens is 369 g/mol. The highest BCUT2D eigenvalue weighted by molar-refractivity contribution is 5.58. The molecule has 0 spiro atoms. The van der Waals surface area contributed by atoms with Gasteiger partial charge in [-0.25, -0.2) is 24.9 Å². The van der Waals surface area contributed by atoms with E-state index in [9.17, 15) is 4.39 Å². The third-order valence-electron chi connectivity index (χ3n) is 5.68. The number of hydrogen-bond acceptors (Lipinski definition) is 7. The number of piperidine rings is 1. The Hall–Kier alpha value is -3.16. The minimum absolute atomic E-state index is 0.0132. The van der Waals surface area contributed by atoms with Crippen molar-refractivity contribution in [3.63, 3.8) is 0 Å². The fourth-order valence-electron chi connectivity index (χ4n) is 4.12. The van der Waals surface area contributed by atoms with Crippen molar-refractivity contribution in [2.75, 3.05) is 22.9 Å². The lowest BCUT2D eigenvalue weighted by molar-refractivity contribution is 0.561. The Morgan fingerprint density at radius 3 is 2.55 bits per heavy atom. The molecular formula is C21H22FN7. The predicted octanol–water partition coefficient (Wildman–Crippen LogP) is 3.54. The average Bonchev–Trinajstić information content (AvgIpc) is 3.10. The van der Waals surface area contributed by atoms with Crippen LogP contribution < -0.4 is 9.80 Å². The quantitative estimate of drug-likeness (QED) is 0.633. The topological polar surface area (TPSA) is 70.9 Å². The van der Waals surface area contributed by atoms with Gasteiger partial charge >= 0.3 is 0 Å². The maximum atomic E-state index is 14.4. The highest BCUT2D eigenvalue weighted by atomic mass is 19.1. The van der Waals surface area contributed by atoms with Crippen LogP contribution in [-0.4, -0.2) is 38.0 Å². The summed E-state index contributed by atoms with van der Waals surface area (Å²) in [6.07, 6.45) is 8.69. The molecule has 0 amide bonds. The van der Waals surface area contributed by atoms with E-state index in [0.29, 0.717) is 24.0 Å². The molecule has 5 heterocycles. The normalized spacial score (nSPS) is 18.8. The van der Waals surface area contributed by atoms with Crippen LogP contribution in [0.25, 0.3) is 11.6 Å². The Labute approximate surface area is 168 Å². The van der Waals surface area contributed by atoms with Gasteiger partial charge in [-0.05, 0) is 32.3 Å². The summed E-state index contributed by atoms with van der Waals surface area (Å²) in [5, 5.41) is 0. The fourth-order valence-corrected chi connectivity index (χ4v) is 4.12. The molecule has 5 rings (SSSR count). The lowest BCUT2D eigenvalue weighted by Crippen LogP contribution is -2.30. The molecule has 148 valence electrons. The molecule has 0 bridgehead atoms. The van der Waals surface area contributed by atoms with E-state index in [1.807, 2.05) is 12.3 Å². The molecule has 7 nitrogen and oxygen atoms in total. The van der Waals surface area contributed by atoms with Crippen molar-refractivity contribution in [1.29, 1.82) is 0 Å². The molecule has 3 aromatic heterocycles. The average molecular weight is 391 g/mol. The lowest BCUT2D eigenvalue weighted by Gasteiger charge is -2.30. The number of rotatable bonds is 3. The van der Waals surface area contributed by atoms with Crippen molar-refractivity contribution in [2.24, 2.45) is 0 Å². The van der Waals surface area contributed by atoms with Crippen molar-refractivity contribution in [2.45, 2.75) is 38.8 Å². The Kier molecular flexibility index (Phi) is 4.54. The number of hydrogen-bond donors (Lipinski definition) is 0. The van der Waals surface area contributed by atoms with Crippen molar-refractivity contribution < 1.29 is 4.39 Å². The van der Waals surface area contributed by atoms with Crippen LogP contribution in [0.15, 0.2) is 36.8 Å². The van der Waals surface area contributed by atoms with Crippen LogP contribution in [0, 0.1) is 5.95 Å². The third kappa shape index (κ3) is 3.39. The molecule has 1 atom stereocenters. The van der Waals surface area contributed by atoms with Gasteiger partial charge in [-0.2, -0.15) is 4.39 Å². The number of halogens is 1. The van der Waals surface area contributed by atoms with E-state index < -0.39 is 5.95 Å². The maximum Gasteiger partial charge on any atom is 0.216 e. The molecule has 1 unspecified atom stereocenters. The van der Waals surface area contributed by atoms with Gasteiger partial charge in [-0.15, -0.1) is 0 Å². The van der Waals surface area contributed by atoms with Crippen LogP contribution in [0.5, 0.6) is 0 Å². The van der Waals surface area contributed by atoms with Crippen LogP contribution in [-0.2, 0) is 6.54 Å². The monoisotopic (exact) mass is 391 g/mol. The van der Waals surface area contributed by atoms with Crippen LogP contribution in [0.4, 0.5) is 15.9 Å². The zero-order chi connectivity index (χ0) is 19.8. The molecule has 1 saturated heterocycles. The highest BCUT2D eigenvalue weighted by Gasteiger charge is 2.31. The molecule has 2 aliphatic rings. The number of fused-ring (bicyclic) bond motifs is 1. The first-order valence-corrected chi connectivity index (χ1v) is 10.0. The van der Waals surface area contributed by atoms with Gasteiger partial charge in [-0.1, -0.05) is 0 Å². The molecule has 8 heteroatoms. The summed E-state index contributed by atoms with van der Waals surface area (Å²) in [5.74, 6) is 1.18. The Morgan fingerprint density at radius 2 is 1.76 bits per heavy atom. The van der Waals surface area contributed by atoms with E-state index in [4.69, 9.17) is 0 Å². The van der Waals surface area contributed by atoms with Gasteiger partial charge in [0.05, 0.1) is 18.3 Å². The lowest BCUT2D eigenvalue weighted by atomic mass is 10.1. The summed E-state index contributed by atoms with van der Waals surface area (Å²) in [6, 6.07) is 5.30. The van der Waals surface area contributed by atoms with Crippen molar-refractivity contribution >= 4 is 11.5 Å². The summed E-state index contributed by atoms with van der Waals surface area (Å²) >= 11 is 0. The van der Waals surface area contributed by atoms with Gasteiger partial charge in [0.25, 0.3) is 0 Å². The minimum Gasteiger partial charge on any atom is -0.371 e. The number of anilines is 2. The first-order valence-electron chi connectivity index (χ1n) is 10.0. The van der Waals surface area contributed by atoms with Crippen LogP contribution in [0.2, 0.25) is 0 Å². The second kappa shape index (κ2) is 7.35. The van der Waals surface area contributed by atoms with Crippen LogP contribution in [0.1, 0.15) is 43.5 Å². The standard InChI is InChI=1S/C21H22FN7/c1-14-16-12-25-21(20-23-6-5-7-24-20)26-17(16)13-29(14)19-11-15(10-18(22)27-19)28-8-3-2-4-9-28/h5-7,10-12,14H,2-4,8-9,13H2,1H3. The molecule has 2 aliphatic heterocycles. The molecule has 0 aromatic carbocycles. The van der Waals surface area contributed by atoms with E-state index in [2.05, 4.69) is 41.6 Å². The van der Waals surface area contributed by atoms with E-state index >= 15 is 0 Å². The van der Waals surface area contributed by atoms with E-state index in [0.717, 1.165) is 42.9 Å². The molecule has 1 fully saturated rings. The molecule has 0 radical (unpaired) electrons. The van der Waals surface area contributed by atoms with Gasteiger partial charge in [0, 0.05) is 55.1 Å². The van der Waals surface area contributed by atoms with Gasteiger partial charge in [0.15, 0.2) is 11.6 Å². The number of nitrogens with zero attached hydrogens (tertiary/aromatic N) is 7. The van der Waals surface area contributed by atoms with Gasteiger partial charge in [-0.3, -0.25) is 0 Å².